The molecular weight excluding hydrogens is 295 g/mol. The van der Waals surface area contributed by atoms with Crippen molar-refractivity contribution >= 4 is 11.6 Å². The fourth-order valence-corrected chi connectivity index (χ4v) is 2.20. The first kappa shape index (κ1) is 16.8. The van der Waals surface area contributed by atoms with Crippen molar-refractivity contribution in [1.29, 1.82) is 0 Å². The fourth-order valence-electron chi connectivity index (χ4n) is 2.20. The maximum atomic E-state index is 13.6. The molecule has 2 aromatic carbocycles. The van der Waals surface area contributed by atoms with Gasteiger partial charge in [-0.05, 0) is 48.4 Å². The molecule has 0 aliphatic rings. The van der Waals surface area contributed by atoms with E-state index in [0.29, 0.717) is 18.5 Å². The van der Waals surface area contributed by atoms with Crippen LogP contribution in [0.15, 0.2) is 42.5 Å². The van der Waals surface area contributed by atoms with Crippen LogP contribution in [0.1, 0.15) is 15.9 Å². The summed E-state index contributed by atoms with van der Waals surface area (Å²) in [5, 5.41) is 2.84. The third-order valence-corrected chi connectivity index (χ3v) is 3.56. The number of benzene rings is 2. The van der Waals surface area contributed by atoms with E-state index in [-0.39, 0.29) is 11.7 Å². The monoisotopic (exact) mass is 316 g/mol. The van der Waals surface area contributed by atoms with Crippen molar-refractivity contribution in [2.45, 2.75) is 6.42 Å². The SMILES string of the molecule is COc1ccc(CCNC(=O)c2ccc(N(C)C)cc2)cc1F. The van der Waals surface area contributed by atoms with Gasteiger partial charge >= 0.3 is 0 Å². The van der Waals surface area contributed by atoms with Gasteiger partial charge in [-0.3, -0.25) is 4.79 Å². The van der Waals surface area contributed by atoms with E-state index in [2.05, 4.69) is 5.32 Å². The highest BCUT2D eigenvalue weighted by atomic mass is 19.1. The molecule has 0 saturated heterocycles. The molecule has 0 aromatic heterocycles. The first-order valence-electron chi connectivity index (χ1n) is 7.39. The Kier molecular flexibility index (Phi) is 5.57. The number of methoxy groups -OCH3 is 1. The Balaban J connectivity index is 1.88. The van der Waals surface area contributed by atoms with E-state index < -0.39 is 5.82 Å². The summed E-state index contributed by atoms with van der Waals surface area (Å²) in [7, 11) is 5.33. The molecule has 0 unspecified atom stereocenters. The predicted octanol–water partition coefficient (Wildman–Crippen LogP) is 2.87. The summed E-state index contributed by atoms with van der Waals surface area (Å²) >= 11 is 0. The van der Waals surface area contributed by atoms with Crippen molar-refractivity contribution in [3.8, 4) is 5.75 Å². The minimum absolute atomic E-state index is 0.135. The zero-order valence-electron chi connectivity index (χ0n) is 13.6. The van der Waals surface area contributed by atoms with Gasteiger partial charge in [-0.25, -0.2) is 4.39 Å². The Morgan fingerprint density at radius 1 is 1.17 bits per heavy atom. The van der Waals surface area contributed by atoms with Gasteiger partial charge in [0.2, 0.25) is 0 Å². The van der Waals surface area contributed by atoms with Crippen LogP contribution in [0.3, 0.4) is 0 Å². The second-order valence-corrected chi connectivity index (χ2v) is 5.42. The molecule has 0 radical (unpaired) electrons. The average molecular weight is 316 g/mol. The molecule has 0 atom stereocenters. The highest BCUT2D eigenvalue weighted by molar-refractivity contribution is 5.94. The van der Waals surface area contributed by atoms with Gasteiger partial charge in [0.15, 0.2) is 11.6 Å². The van der Waals surface area contributed by atoms with Crippen molar-refractivity contribution in [3.63, 3.8) is 0 Å². The Hall–Kier alpha value is -2.56. The van der Waals surface area contributed by atoms with E-state index in [1.807, 2.05) is 31.1 Å². The largest absolute Gasteiger partial charge is 0.494 e. The van der Waals surface area contributed by atoms with E-state index in [0.717, 1.165) is 11.3 Å². The fraction of sp³-hybridized carbons (Fsp3) is 0.278. The number of rotatable bonds is 6. The summed E-state index contributed by atoms with van der Waals surface area (Å²) in [6, 6.07) is 12.2. The molecule has 2 rings (SSSR count). The van der Waals surface area contributed by atoms with Gasteiger partial charge in [0.1, 0.15) is 0 Å². The topological polar surface area (TPSA) is 41.6 Å². The molecule has 2 aromatic rings. The molecule has 1 amide bonds. The standard InChI is InChI=1S/C18H21FN2O2/c1-21(2)15-7-5-14(6-8-15)18(22)20-11-10-13-4-9-17(23-3)16(19)12-13/h4-9,12H,10-11H2,1-3H3,(H,20,22). The first-order valence-corrected chi connectivity index (χ1v) is 7.39. The van der Waals surface area contributed by atoms with Crippen LogP contribution in [0.25, 0.3) is 0 Å². The molecule has 0 fully saturated rings. The van der Waals surface area contributed by atoms with E-state index in [1.165, 1.54) is 13.2 Å². The summed E-state index contributed by atoms with van der Waals surface area (Å²) < 4.78 is 18.5. The van der Waals surface area contributed by atoms with E-state index in [4.69, 9.17) is 4.74 Å². The maximum absolute atomic E-state index is 13.6. The van der Waals surface area contributed by atoms with Crippen LogP contribution < -0.4 is 15.0 Å². The molecule has 4 nitrogen and oxygen atoms in total. The summed E-state index contributed by atoms with van der Waals surface area (Å²) in [6.45, 7) is 0.444. The molecule has 0 aliphatic carbocycles. The van der Waals surface area contributed by atoms with E-state index in [1.54, 1.807) is 24.3 Å². The smallest absolute Gasteiger partial charge is 0.251 e. The Morgan fingerprint density at radius 2 is 1.87 bits per heavy atom. The van der Waals surface area contributed by atoms with Gasteiger partial charge in [0, 0.05) is 31.9 Å². The lowest BCUT2D eigenvalue weighted by molar-refractivity contribution is 0.0954. The van der Waals surface area contributed by atoms with Gasteiger partial charge in [-0.2, -0.15) is 0 Å². The lowest BCUT2D eigenvalue weighted by Crippen LogP contribution is -2.25. The van der Waals surface area contributed by atoms with E-state index in [9.17, 15) is 9.18 Å². The number of carbonyl (C=O) groups is 1. The van der Waals surface area contributed by atoms with Crippen LogP contribution >= 0.6 is 0 Å². The quantitative estimate of drug-likeness (QED) is 0.891. The molecule has 0 spiro atoms. The zero-order valence-corrected chi connectivity index (χ0v) is 13.6. The van der Waals surface area contributed by atoms with Crippen LogP contribution in [-0.2, 0) is 6.42 Å². The highest BCUT2D eigenvalue weighted by Gasteiger charge is 2.07. The Bertz CT molecular complexity index is 669. The average Bonchev–Trinajstić information content (AvgIpc) is 2.55. The second kappa shape index (κ2) is 7.63. The number of nitrogens with one attached hydrogen (secondary N) is 1. The third kappa shape index (κ3) is 4.45. The van der Waals surface area contributed by atoms with Crippen LogP contribution in [0.2, 0.25) is 0 Å². The summed E-state index contributed by atoms with van der Waals surface area (Å²) in [5.41, 5.74) is 2.46. The molecule has 122 valence electrons. The number of nitrogens with zero attached hydrogens (tertiary/aromatic N) is 1. The van der Waals surface area contributed by atoms with Crippen LogP contribution in [0.4, 0.5) is 10.1 Å². The maximum Gasteiger partial charge on any atom is 0.251 e. The number of ether oxygens (including phenoxy) is 1. The molecule has 0 bridgehead atoms. The number of hydrogen-bond donors (Lipinski definition) is 1. The Morgan fingerprint density at radius 3 is 2.43 bits per heavy atom. The number of halogens is 1. The van der Waals surface area contributed by atoms with Gasteiger partial charge < -0.3 is 15.0 Å². The molecule has 0 heterocycles. The van der Waals surface area contributed by atoms with Gasteiger partial charge in [0.05, 0.1) is 7.11 Å². The van der Waals surface area contributed by atoms with Crippen molar-refractivity contribution in [2.24, 2.45) is 0 Å². The Labute approximate surface area is 135 Å². The third-order valence-electron chi connectivity index (χ3n) is 3.56. The van der Waals surface area contributed by atoms with Crippen LogP contribution in [0.5, 0.6) is 5.75 Å². The number of anilines is 1. The molecule has 5 heteroatoms. The van der Waals surface area contributed by atoms with Gasteiger partial charge in [0.25, 0.3) is 5.91 Å². The van der Waals surface area contributed by atoms with Crippen molar-refractivity contribution in [1.82, 2.24) is 5.32 Å². The minimum Gasteiger partial charge on any atom is -0.494 e. The highest BCUT2D eigenvalue weighted by Crippen LogP contribution is 2.17. The molecule has 0 aliphatic heterocycles. The number of hydrogen-bond acceptors (Lipinski definition) is 3. The normalized spacial score (nSPS) is 10.3. The summed E-state index contributed by atoms with van der Waals surface area (Å²) in [4.78, 5) is 14.0. The number of carbonyl (C=O) groups excluding carboxylic acids is 1. The van der Waals surface area contributed by atoms with Gasteiger partial charge in [-0.15, -0.1) is 0 Å². The van der Waals surface area contributed by atoms with E-state index >= 15 is 0 Å². The zero-order chi connectivity index (χ0) is 16.8. The molecule has 1 N–H and O–H groups in total. The first-order chi connectivity index (χ1) is 11.0. The van der Waals surface area contributed by atoms with Crippen LogP contribution in [-0.4, -0.2) is 33.7 Å². The summed E-state index contributed by atoms with van der Waals surface area (Å²) in [6.07, 6.45) is 0.558. The molecule has 0 saturated carbocycles. The van der Waals surface area contributed by atoms with Crippen molar-refractivity contribution < 1.29 is 13.9 Å². The summed E-state index contributed by atoms with van der Waals surface area (Å²) in [5.74, 6) is -0.307. The molecular formula is C18H21FN2O2. The predicted molar refractivity (Wildman–Crippen MR) is 89.8 cm³/mol. The van der Waals surface area contributed by atoms with Crippen molar-refractivity contribution in [3.05, 3.63) is 59.4 Å². The minimum atomic E-state index is -0.393. The lowest BCUT2D eigenvalue weighted by Gasteiger charge is -2.12. The van der Waals surface area contributed by atoms with Crippen LogP contribution in [0, 0.1) is 5.82 Å². The molecule has 23 heavy (non-hydrogen) atoms. The lowest BCUT2D eigenvalue weighted by atomic mass is 10.1. The van der Waals surface area contributed by atoms with Crippen molar-refractivity contribution in [2.75, 3.05) is 32.6 Å². The number of amides is 1. The van der Waals surface area contributed by atoms with Gasteiger partial charge in [-0.1, -0.05) is 6.07 Å². The second-order valence-electron chi connectivity index (χ2n) is 5.42.